The average Bonchev–Trinajstić information content (AvgIpc) is 2.17. The standard InChI is InChI=1S/C11H10ClNO/c1-2-7-14-11-4-3-10(12)8-9(11)5-6-13/h2-4,8H,1,5,7H2. The summed E-state index contributed by atoms with van der Waals surface area (Å²) in [5, 5.41) is 9.20. The van der Waals surface area contributed by atoms with E-state index >= 15 is 0 Å². The van der Waals surface area contributed by atoms with Gasteiger partial charge in [0.25, 0.3) is 0 Å². The highest BCUT2D eigenvalue weighted by molar-refractivity contribution is 6.30. The summed E-state index contributed by atoms with van der Waals surface area (Å²) in [6.07, 6.45) is 1.96. The van der Waals surface area contributed by atoms with Crippen LogP contribution in [0.2, 0.25) is 5.02 Å². The Hall–Kier alpha value is -1.46. The maximum Gasteiger partial charge on any atom is 0.124 e. The van der Waals surface area contributed by atoms with Crippen LogP contribution in [0.3, 0.4) is 0 Å². The quantitative estimate of drug-likeness (QED) is 0.712. The van der Waals surface area contributed by atoms with Gasteiger partial charge in [-0.25, -0.2) is 0 Å². The summed E-state index contributed by atoms with van der Waals surface area (Å²) in [6.45, 7) is 3.98. The largest absolute Gasteiger partial charge is 0.489 e. The van der Waals surface area contributed by atoms with Gasteiger partial charge < -0.3 is 4.74 Å². The van der Waals surface area contributed by atoms with E-state index in [0.717, 1.165) is 5.56 Å². The average molecular weight is 208 g/mol. The molecule has 0 bridgehead atoms. The number of hydrogen-bond donors (Lipinski definition) is 0. The van der Waals surface area contributed by atoms with Crippen LogP contribution in [0.15, 0.2) is 30.9 Å². The van der Waals surface area contributed by atoms with Crippen LogP contribution < -0.4 is 4.74 Å². The molecule has 0 saturated carbocycles. The van der Waals surface area contributed by atoms with Crippen LogP contribution in [-0.2, 0) is 6.42 Å². The van der Waals surface area contributed by atoms with Crippen molar-refractivity contribution >= 4 is 11.6 Å². The molecule has 1 rings (SSSR count). The van der Waals surface area contributed by atoms with Crippen molar-refractivity contribution in [3.63, 3.8) is 0 Å². The summed E-state index contributed by atoms with van der Waals surface area (Å²) in [7, 11) is 0. The lowest BCUT2D eigenvalue weighted by molar-refractivity contribution is 0.360. The van der Waals surface area contributed by atoms with E-state index in [4.69, 9.17) is 21.6 Å². The van der Waals surface area contributed by atoms with E-state index in [1.165, 1.54) is 0 Å². The van der Waals surface area contributed by atoms with Crippen molar-refractivity contribution in [2.75, 3.05) is 6.61 Å². The molecule has 0 aliphatic rings. The second kappa shape index (κ2) is 5.31. The van der Waals surface area contributed by atoms with Crippen molar-refractivity contribution in [2.24, 2.45) is 0 Å². The molecule has 0 amide bonds. The minimum atomic E-state index is 0.299. The third-order valence-corrected chi connectivity index (χ3v) is 1.88. The summed E-state index contributed by atoms with van der Waals surface area (Å²) in [5.41, 5.74) is 0.807. The van der Waals surface area contributed by atoms with E-state index in [2.05, 4.69) is 12.6 Å². The molecule has 0 radical (unpaired) electrons. The molecule has 0 aromatic heterocycles. The molecule has 0 spiro atoms. The molecule has 0 aliphatic heterocycles. The number of halogens is 1. The first kappa shape index (κ1) is 10.6. The molecule has 14 heavy (non-hydrogen) atoms. The lowest BCUT2D eigenvalue weighted by Crippen LogP contribution is -1.96. The van der Waals surface area contributed by atoms with Crippen molar-refractivity contribution in [1.82, 2.24) is 0 Å². The molecular formula is C11H10ClNO. The SMILES string of the molecule is C=CCOc1ccc(Cl)cc1CC#N. The summed E-state index contributed by atoms with van der Waals surface area (Å²) < 4.78 is 5.37. The molecule has 0 aliphatic carbocycles. The van der Waals surface area contributed by atoms with Crippen molar-refractivity contribution < 1.29 is 4.74 Å². The van der Waals surface area contributed by atoms with Gasteiger partial charge in [0, 0.05) is 10.6 Å². The van der Waals surface area contributed by atoms with E-state index in [0.29, 0.717) is 23.8 Å². The fourth-order valence-corrected chi connectivity index (χ4v) is 1.26. The highest BCUT2D eigenvalue weighted by atomic mass is 35.5. The van der Waals surface area contributed by atoms with Gasteiger partial charge in [0.1, 0.15) is 12.4 Å². The molecule has 0 atom stereocenters. The normalized spacial score (nSPS) is 9.14. The van der Waals surface area contributed by atoms with E-state index < -0.39 is 0 Å². The van der Waals surface area contributed by atoms with Gasteiger partial charge >= 0.3 is 0 Å². The topological polar surface area (TPSA) is 33.0 Å². The highest BCUT2D eigenvalue weighted by Gasteiger charge is 2.03. The Morgan fingerprint density at radius 2 is 2.36 bits per heavy atom. The molecule has 72 valence electrons. The molecule has 0 fully saturated rings. The number of ether oxygens (including phenoxy) is 1. The fourth-order valence-electron chi connectivity index (χ4n) is 1.06. The lowest BCUT2D eigenvalue weighted by Gasteiger charge is -2.07. The molecule has 1 aromatic rings. The Morgan fingerprint density at radius 1 is 1.57 bits per heavy atom. The third kappa shape index (κ3) is 2.79. The van der Waals surface area contributed by atoms with Crippen LogP contribution in [0, 0.1) is 11.3 Å². The van der Waals surface area contributed by atoms with Crippen molar-refractivity contribution in [3.05, 3.63) is 41.4 Å². The first-order chi connectivity index (χ1) is 6.77. The van der Waals surface area contributed by atoms with E-state index in [9.17, 15) is 0 Å². The van der Waals surface area contributed by atoms with Gasteiger partial charge in [0.05, 0.1) is 12.5 Å². The van der Waals surface area contributed by atoms with Gasteiger partial charge in [-0.3, -0.25) is 0 Å². The number of hydrogen-bond acceptors (Lipinski definition) is 2. The minimum absolute atomic E-state index is 0.299. The predicted molar refractivity (Wildman–Crippen MR) is 56.5 cm³/mol. The molecule has 1 aromatic carbocycles. The Morgan fingerprint density at radius 3 is 3.00 bits per heavy atom. The molecule has 3 heteroatoms. The van der Waals surface area contributed by atoms with E-state index in [1.807, 2.05) is 0 Å². The van der Waals surface area contributed by atoms with Gasteiger partial charge in [0.2, 0.25) is 0 Å². The summed E-state index contributed by atoms with van der Waals surface area (Å²) in [5.74, 6) is 0.691. The number of nitriles is 1. The summed E-state index contributed by atoms with van der Waals surface area (Å²) in [4.78, 5) is 0. The first-order valence-corrected chi connectivity index (χ1v) is 4.54. The molecule has 0 N–H and O–H groups in total. The van der Waals surface area contributed by atoms with Crippen LogP contribution in [0.1, 0.15) is 5.56 Å². The smallest absolute Gasteiger partial charge is 0.124 e. The van der Waals surface area contributed by atoms with E-state index in [-0.39, 0.29) is 0 Å². The fraction of sp³-hybridized carbons (Fsp3) is 0.182. The Kier molecular flexibility index (Phi) is 4.03. The predicted octanol–water partition coefficient (Wildman–Crippen LogP) is 2.97. The maximum absolute atomic E-state index is 8.59. The third-order valence-electron chi connectivity index (χ3n) is 1.65. The van der Waals surface area contributed by atoms with Gasteiger partial charge in [-0.05, 0) is 18.2 Å². The number of benzene rings is 1. The van der Waals surface area contributed by atoms with Crippen LogP contribution >= 0.6 is 11.6 Å². The van der Waals surface area contributed by atoms with Crippen molar-refractivity contribution in [1.29, 1.82) is 5.26 Å². The molecule has 0 heterocycles. The molecular weight excluding hydrogens is 198 g/mol. The van der Waals surface area contributed by atoms with E-state index in [1.54, 1.807) is 24.3 Å². The Labute approximate surface area is 88.4 Å². The lowest BCUT2D eigenvalue weighted by atomic mass is 10.1. The zero-order valence-corrected chi connectivity index (χ0v) is 8.42. The first-order valence-electron chi connectivity index (χ1n) is 4.17. The van der Waals surface area contributed by atoms with Gasteiger partial charge in [0.15, 0.2) is 0 Å². The summed E-state index contributed by atoms with van der Waals surface area (Å²) in [6, 6.07) is 7.30. The minimum Gasteiger partial charge on any atom is -0.489 e. The molecule has 0 saturated heterocycles. The monoisotopic (exact) mass is 207 g/mol. The zero-order chi connectivity index (χ0) is 10.4. The molecule has 2 nitrogen and oxygen atoms in total. The van der Waals surface area contributed by atoms with Crippen molar-refractivity contribution in [2.45, 2.75) is 6.42 Å². The van der Waals surface area contributed by atoms with Crippen LogP contribution in [-0.4, -0.2) is 6.61 Å². The van der Waals surface area contributed by atoms with Crippen LogP contribution in [0.25, 0.3) is 0 Å². The molecule has 0 unspecified atom stereocenters. The van der Waals surface area contributed by atoms with Gasteiger partial charge in [-0.2, -0.15) is 5.26 Å². The summed E-state index contributed by atoms with van der Waals surface area (Å²) >= 11 is 5.80. The Bertz CT molecular complexity index is 368. The highest BCUT2D eigenvalue weighted by Crippen LogP contribution is 2.23. The van der Waals surface area contributed by atoms with Gasteiger partial charge in [-0.15, -0.1) is 0 Å². The number of rotatable bonds is 4. The maximum atomic E-state index is 8.59. The Balaban J connectivity index is 2.90. The van der Waals surface area contributed by atoms with Crippen molar-refractivity contribution in [3.8, 4) is 11.8 Å². The second-order valence-electron chi connectivity index (χ2n) is 2.69. The second-order valence-corrected chi connectivity index (χ2v) is 3.12. The van der Waals surface area contributed by atoms with Gasteiger partial charge in [-0.1, -0.05) is 24.3 Å². The number of nitrogens with zero attached hydrogens (tertiary/aromatic N) is 1. The van der Waals surface area contributed by atoms with Crippen LogP contribution in [0.4, 0.5) is 0 Å². The zero-order valence-electron chi connectivity index (χ0n) is 7.66. The van der Waals surface area contributed by atoms with Crippen LogP contribution in [0.5, 0.6) is 5.75 Å².